The van der Waals surface area contributed by atoms with Crippen molar-refractivity contribution in [1.29, 1.82) is 0 Å². The van der Waals surface area contributed by atoms with Crippen molar-refractivity contribution in [3.05, 3.63) is 35.9 Å². The van der Waals surface area contributed by atoms with Gasteiger partial charge in [0.05, 0.1) is 0 Å². The van der Waals surface area contributed by atoms with Gasteiger partial charge in [0.15, 0.2) is 5.60 Å². The smallest absolute Gasteiger partial charge is 0.206 e. The first-order valence-electron chi connectivity index (χ1n) is 3.88. The lowest BCUT2D eigenvalue weighted by Gasteiger charge is -2.13. The fourth-order valence-electron chi connectivity index (χ4n) is 0.936. The number of aliphatic hydroxyl groups is 1. The summed E-state index contributed by atoms with van der Waals surface area (Å²) in [6.45, 7) is 1.31. The molecular weight excluding hydrogens is 164 g/mol. The molecule has 0 fully saturated rings. The third-order valence-electron chi connectivity index (χ3n) is 1.76. The van der Waals surface area contributed by atoms with E-state index in [1.807, 2.05) is 5.92 Å². The van der Waals surface area contributed by atoms with Gasteiger partial charge in [0.1, 0.15) is 0 Å². The standard InChI is InChI=1S/C11H10O2/c1-3-11(2,13)10(12)9-7-5-4-6-8-9/h1,4-8,13H,2H3. The molecule has 1 aromatic carbocycles. The van der Waals surface area contributed by atoms with Crippen LogP contribution in [0, 0.1) is 12.3 Å². The second-order valence-corrected chi connectivity index (χ2v) is 2.91. The van der Waals surface area contributed by atoms with Crippen molar-refractivity contribution in [2.75, 3.05) is 0 Å². The lowest BCUT2D eigenvalue weighted by Crippen LogP contribution is -2.33. The molecule has 0 saturated carbocycles. The Morgan fingerprint density at radius 2 is 2.00 bits per heavy atom. The highest BCUT2D eigenvalue weighted by Crippen LogP contribution is 2.11. The van der Waals surface area contributed by atoms with Gasteiger partial charge < -0.3 is 5.11 Å². The van der Waals surface area contributed by atoms with Crippen molar-refractivity contribution in [2.24, 2.45) is 0 Å². The molecule has 1 rings (SSSR count). The Balaban J connectivity index is 3.01. The summed E-state index contributed by atoms with van der Waals surface area (Å²) in [6, 6.07) is 8.48. The van der Waals surface area contributed by atoms with E-state index in [0.717, 1.165) is 0 Å². The summed E-state index contributed by atoms with van der Waals surface area (Å²) >= 11 is 0. The van der Waals surface area contributed by atoms with Crippen LogP contribution >= 0.6 is 0 Å². The summed E-state index contributed by atoms with van der Waals surface area (Å²) < 4.78 is 0. The van der Waals surface area contributed by atoms with E-state index in [9.17, 15) is 9.90 Å². The minimum absolute atomic E-state index is 0.422. The van der Waals surface area contributed by atoms with Crippen molar-refractivity contribution < 1.29 is 9.90 Å². The second kappa shape index (κ2) is 3.42. The number of benzene rings is 1. The number of carbonyl (C=O) groups is 1. The predicted octanol–water partition coefficient (Wildman–Crippen LogP) is 1.25. The number of rotatable bonds is 2. The second-order valence-electron chi connectivity index (χ2n) is 2.91. The third-order valence-corrected chi connectivity index (χ3v) is 1.76. The molecule has 0 radical (unpaired) electrons. The maximum absolute atomic E-state index is 11.5. The van der Waals surface area contributed by atoms with Gasteiger partial charge in [0.25, 0.3) is 0 Å². The predicted molar refractivity (Wildman–Crippen MR) is 50.2 cm³/mol. The van der Waals surface area contributed by atoms with Crippen LogP contribution < -0.4 is 0 Å². The zero-order chi connectivity index (χ0) is 9.90. The Morgan fingerprint density at radius 3 is 2.46 bits per heavy atom. The minimum atomic E-state index is -1.71. The van der Waals surface area contributed by atoms with Crippen molar-refractivity contribution in [3.63, 3.8) is 0 Å². The molecule has 1 atom stereocenters. The molecule has 0 spiro atoms. The number of ketones is 1. The summed E-state index contributed by atoms with van der Waals surface area (Å²) in [6.07, 6.45) is 5.02. The van der Waals surface area contributed by atoms with Gasteiger partial charge in [0, 0.05) is 5.56 Å². The molecule has 1 N–H and O–H groups in total. The van der Waals surface area contributed by atoms with Gasteiger partial charge in [-0.15, -0.1) is 6.42 Å². The van der Waals surface area contributed by atoms with Gasteiger partial charge in [-0.05, 0) is 6.92 Å². The van der Waals surface area contributed by atoms with E-state index >= 15 is 0 Å². The topological polar surface area (TPSA) is 37.3 Å². The largest absolute Gasteiger partial charge is 0.371 e. The van der Waals surface area contributed by atoms with Crippen LogP contribution in [-0.4, -0.2) is 16.5 Å². The summed E-state index contributed by atoms with van der Waals surface area (Å²) in [5, 5.41) is 9.46. The van der Waals surface area contributed by atoms with E-state index in [0.29, 0.717) is 5.56 Å². The minimum Gasteiger partial charge on any atom is -0.371 e. The molecule has 1 unspecified atom stereocenters. The summed E-state index contributed by atoms with van der Waals surface area (Å²) in [5.41, 5.74) is -1.29. The van der Waals surface area contributed by atoms with Crippen LogP contribution in [0.1, 0.15) is 17.3 Å². The Bertz CT molecular complexity index is 344. The summed E-state index contributed by atoms with van der Waals surface area (Å²) in [4.78, 5) is 11.5. The zero-order valence-corrected chi connectivity index (χ0v) is 7.32. The Labute approximate surface area is 77.2 Å². The first kappa shape index (κ1) is 9.50. The maximum atomic E-state index is 11.5. The molecule has 2 heteroatoms. The Hall–Kier alpha value is -1.59. The molecule has 0 aromatic heterocycles. The van der Waals surface area contributed by atoms with Gasteiger partial charge in [-0.3, -0.25) is 4.79 Å². The number of carbonyl (C=O) groups excluding carboxylic acids is 1. The monoisotopic (exact) mass is 174 g/mol. The van der Waals surface area contributed by atoms with E-state index in [1.54, 1.807) is 30.3 Å². The SMILES string of the molecule is C#CC(C)(O)C(=O)c1ccccc1. The van der Waals surface area contributed by atoms with Crippen molar-refractivity contribution in [2.45, 2.75) is 12.5 Å². The van der Waals surface area contributed by atoms with Crippen LogP contribution in [0.25, 0.3) is 0 Å². The molecular formula is C11H10O2. The van der Waals surface area contributed by atoms with Crippen LogP contribution in [0.2, 0.25) is 0 Å². The quantitative estimate of drug-likeness (QED) is 0.541. The Kier molecular flexibility index (Phi) is 2.50. The number of hydrogen-bond donors (Lipinski definition) is 1. The lowest BCUT2D eigenvalue weighted by atomic mass is 9.96. The highest BCUT2D eigenvalue weighted by Gasteiger charge is 2.28. The highest BCUT2D eigenvalue weighted by atomic mass is 16.3. The van der Waals surface area contributed by atoms with Crippen molar-refractivity contribution >= 4 is 5.78 Å². The molecule has 66 valence electrons. The van der Waals surface area contributed by atoms with Crippen LogP contribution in [-0.2, 0) is 0 Å². The number of Topliss-reactive ketones (excluding diaryl/α,β-unsaturated/α-hetero) is 1. The van der Waals surface area contributed by atoms with E-state index in [1.165, 1.54) is 6.92 Å². The van der Waals surface area contributed by atoms with Crippen LogP contribution in [0.5, 0.6) is 0 Å². The lowest BCUT2D eigenvalue weighted by molar-refractivity contribution is 0.0622. The summed E-state index contributed by atoms with van der Waals surface area (Å²) in [5.74, 6) is 1.60. The first-order chi connectivity index (χ1) is 6.08. The molecule has 0 amide bonds. The molecule has 13 heavy (non-hydrogen) atoms. The maximum Gasteiger partial charge on any atom is 0.206 e. The van der Waals surface area contributed by atoms with Gasteiger partial charge in [-0.2, -0.15) is 0 Å². The zero-order valence-electron chi connectivity index (χ0n) is 7.32. The molecule has 0 aliphatic carbocycles. The molecule has 0 bridgehead atoms. The van der Waals surface area contributed by atoms with E-state index in [2.05, 4.69) is 0 Å². The van der Waals surface area contributed by atoms with E-state index < -0.39 is 11.4 Å². The fraction of sp³-hybridized carbons (Fsp3) is 0.182. The molecule has 0 aliphatic rings. The number of hydrogen-bond acceptors (Lipinski definition) is 2. The van der Waals surface area contributed by atoms with Crippen molar-refractivity contribution in [3.8, 4) is 12.3 Å². The van der Waals surface area contributed by atoms with E-state index in [-0.39, 0.29) is 0 Å². The highest BCUT2D eigenvalue weighted by molar-refractivity contribution is 6.04. The molecule has 1 aromatic rings. The van der Waals surface area contributed by atoms with Crippen molar-refractivity contribution in [1.82, 2.24) is 0 Å². The van der Waals surface area contributed by atoms with Gasteiger partial charge >= 0.3 is 0 Å². The summed E-state index contributed by atoms with van der Waals surface area (Å²) in [7, 11) is 0. The molecule has 2 nitrogen and oxygen atoms in total. The molecule has 0 heterocycles. The van der Waals surface area contributed by atoms with Crippen LogP contribution in [0.4, 0.5) is 0 Å². The first-order valence-corrected chi connectivity index (χ1v) is 3.88. The van der Waals surface area contributed by atoms with E-state index in [4.69, 9.17) is 6.42 Å². The third kappa shape index (κ3) is 1.95. The average molecular weight is 174 g/mol. The molecule has 0 saturated heterocycles. The normalized spacial score (nSPS) is 14.2. The van der Waals surface area contributed by atoms with Gasteiger partial charge in [-0.25, -0.2) is 0 Å². The number of terminal acetylenes is 1. The van der Waals surface area contributed by atoms with Crippen LogP contribution in [0.15, 0.2) is 30.3 Å². The Morgan fingerprint density at radius 1 is 1.46 bits per heavy atom. The fourth-order valence-corrected chi connectivity index (χ4v) is 0.936. The molecule has 0 aliphatic heterocycles. The van der Waals surface area contributed by atoms with Gasteiger partial charge in [-0.1, -0.05) is 36.3 Å². The van der Waals surface area contributed by atoms with Gasteiger partial charge in [0.2, 0.25) is 5.78 Å². The average Bonchev–Trinajstić information content (AvgIpc) is 2.18. The van der Waals surface area contributed by atoms with Crippen LogP contribution in [0.3, 0.4) is 0 Å².